The van der Waals surface area contributed by atoms with Crippen molar-refractivity contribution in [3.05, 3.63) is 65.5 Å². The predicted octanol–water partition coefficient (Wildman–Crippen LogP) is 2.33. The van der Waals surface area contributed by atoms with Crippen molar-refractivity contribution in [1.29, 1.82) is 0 Å². The van der Waals surface area contributed by atoms with E-state index in [4.69, 9.17) is 0 Å². The van der Waals surface area contributed by atoms with Gasteiger partial charge in [0.05, 0.1) is 6.10 Å². The van der Waals surface area contributed by atoms with E-state index in [-0.39, 0.29) is 6.10 Å². The minimum absolute atomic E-state index is 0.0977. The maximum atomic E-state index is 9.56. The van der Waals surface area contributed by atoms with E-state index in [1.54, 1.807) is 6.20 Å². The van der Waals surface area contributed by atoms with Crippen LogP contribution < -0.4 is 5.32 Å². The Bertz CT molecular complexity index is 577. The normalized spacial score (nSPS) is 16.6. The molecule has 0 radical (unpaired) electrons. The van der Waals surface area contributed by atoms with Gasteiger partial charge in [-0.15, -0.1) is 0 Å². The molecular formula is C19H25N3O. The van der Waals surface area contributed by atoms with Crippen LogP contribution in [0.15, 0.2) is 48.8 Å². The van der Waals surface area contributed by atoms with Crippen LogP contribution in [0.2, 0.25) is 0 Å². The third-order valence-corrected chi connectivity index (χ3v) is 4.37. The first kappa shape index (κ1) is 16.1. The van der Waals surface area contributed by atoms with Crippen molar-refractivity contribution >= 4 is 0 Å². The van der Waals surface area contributed by atoms with E-state index in [1.165, 1.54) is 16.7 Å². The molecule has 0 bridgehead atoms. The number of aromatic nitrogens is 1. The third-order valence-electron chi connectivity index (χ3n) is 4.37. The summed E-state index contributed by atoms with van der Waals surface area (Å²) < 4.78 is 0. The summed E-state index contributed by atoms with van der Waals surface area (Å²) in [5, 5.41) is 13.0. The molecule has 0 aliphatic carbocycles. The van der Waals surface area contributed by atoms with Gasteiger partial charge >= 0.3 is 0 Å². The summed E-state index contributed by atoms with van der Waals surface area (Å²) in [6, 6.07) is 12.9. The molecule has 1 aromatic heterocycles. The van der Waals surface area contributed by atoms with Gasteiger partial charge in [0.1, 0.15) is 0 Å². The van der Waals surface area contributed by atoms with Crippen LogP contribution in [0.4, 0.5) is 0 Å². The first-order valence-corrected chi connectivity index (χ1v) is 8.37. The molecule has 2 aromatic rings. The lowest BCUT2D eigenvalue weighted by molar-refractivity contribution is 0.0792. The third kappa shape index (κ3) is 5.13. The van der Waals surface area contributed by atoms with E-state index >= 15 is 0 Å². The fourth-order valence-electron chi connectivity index (χ4n) is 2.95. The molecule has 1 aromatic carbocycles. The van der Waals surface area contributed by atoms with Crippen molar-refractivity contribution < 1.29 is 5.11 Å². The summed E-state index contributed by atoms with van der Waals surface area (Å²) in [5.74, 6) is 0. The number of pyridine rings is 1. The van der Waals surface area contributed by atoms with Crippen LogP contribution in [0.25, 0.3) is 0 Å². The van der Waals surface area contributed by atoms with Gasteiger partial charge in [0.2, 0.25) is 0 Å². The van der Waals surface area contributed by atoms with Gasteiger partial charge in [-0.3, -0.25) is 9.88 Å². The molecule has 23 heavy (non-hydrogen) atoms. The summed E-state index contributed by atoms with van der Waals surface area (Å²) in [6.07, 6.45) is 5.39. The van der Waals surface area contributed by atoms with Gasteiger partial charge in [0.25, 0.3) is 0 Å². The zero-order valence-corrected chi connectivity index (χ0v) is 13.5. The van der Waals surface area contributed by atoms with Crippen molar-refractivity contribution in [2.75, 3.05) is 13.1 Å². The molecule has 1 aliphatic rings. The molecule has 2 heterocycles. The molecule has 4 heteroatoms. The molecule has 1 fully saturated rings. The monoisotopic (exact) mass is 311 g/mol. The molecule has 4 nitrogen and oxygen atoms in total. The largest absolute Gasteiger partial charge is 0.393 e. The van der Waals surface area contributed by atoms with Crippen molar-refractivity contribution in [2.45, 2.75) is 38.6 Å². The number of nitrogens with zero attached hydrogens (tertiary/aromatic N) is 2. The summed E-state index contributed by atoms with van der Waals surface area (Å²) in [4.78, 5) is 6.54. The molecule has 0 saturated carbocycles. The van der Waals surface area contributed by atoms with Gasteiger partial charge in [-0.1, -0.05) is 30.3 Å². The van der Waals surface area contributed by atoms with Crippen LogP contribution in [0, 0.1) is 0 Å². The Morgan fingerprint density at radius 3 is 2.39 bits per heavy atom. The van der Waals surface area contributed by atoms with E-state index < -0.39 is 0 Å². The first-order chi connectivity index (χ1) is 11.3. The van der Waals surface area contributed by atoms with Crippen molar-refractivity contribution in [1.82, 2.24) is 15.2 Å². The average Bonchev–Trinajstić information content (AvgIpc) is 2.59. The maximum Gasteiger partial charge on any atom is 0.0564 e. The molecule has 1 aliphatic heterocycles. The maximum absolute atomic E-state index is 9.56. The Hall–Kier alpha value is -1.75. The van der Waals surface area contributed by atoms with Crippen molar-refractivity contribution in [3.8, 4) is 0 Å². The number of nitrogens with one attached hydrogen (secondary N) is 1. The topological polar surface area (TPSA) is 48.4 Å². The van der Waals surface area contributed by atoms with Crippen LogP contribution in [0.1, 0.15) is 29.5 Å². The lowest BCUT2D eigenvalue weighted by Gasteiger charge is -2.29. The summed E-state index contributed by atoms with van der Waals surface area (Å²) in [7, 11) is 0. The highest BCUT2D eigenvalue weighted by molar-refractivity contribution is 5.22. The Kier molecular flexibility index (Phi) is 5.75. The summed E-state index contributed by atoms with van der Waals surface area (Å²) >= 11 is 0. The number of hydrogen-bond donors (Lipinski definition) is 2. The average molecular weight is 311 g/mol. The highest BCUT2D eigenvalue weighted by atomic mass is 16.3. The fourth-order valence-corrected chi connectivity index (χ4v) is 2.95. The number of aliphatic hydroxyl groups excluding tert-OH is 1. The highest BCUT2D eigenvalue weighted by Gasteiger charge is 2.16. The molecule has 2 N–H and O–H groups in total. The van der Waals surface area contributed by atoms with E-state index in [1.807, 2.05) is 12.3 Å². The summed E-state index contributed by atoms with van der Waals surface area (Å²) in [5.41, 5.74) is 3.85. The van der Waals surface area contributed by atoms with E-state index in [0.717, 1.165) is 45.6 Å². The van der Waals surface area contributed by atoms with E-state index in [9.17, 15) is 5.11 Å². The Morgan fingerprint density at radius 2 is 1.70 bits per heavy atom. The Balaban J connectivity index is 1.43. The number of piperidine rings is 1. The van der Waals surface area contributed by atoms with Gasteiger partial charge in [-0.25, -0.2) is 0 Å². The lowest BCUT2D eigenvalue weighted by atomic mass is 10.1. The molecule has 0 unspecified atom stereocenters. The first-order valence-electron chi connectivity index (χ1n) is 8.37. The van der Waals surface area contributed by atoms with Crippen molar-refractivity contribution in [3.63, 3.8) is 0 Å². The van der Waals surface area contributed by atoms with E-state index in [0.29, 0.717) is 0 Å². The minimum Gasteiger partial charge on any atom is -0.393 e. The van der Waals surface area contributed by atoms with Crippen LogP contribution in [0.5, 0.6) is 0 Å². The van der Waals surface area contributed by atoms with Crippen LogP contribution >= 0.6 is 0 Å². The Labute approximate surface area is 138 Å². The molecule has 3 rings (SSSR count). The number of hydrogen-bond acceptors (Lipinski definition) is 4. The van der Waals surface area contributed by atoms with Gasteiger partial charge in [-0.05, 0) is 35.6 Å². The molecule has 122 valence electrons. The van der Waals surface area contributed by atoms with Gasteiger partial charge in [-0.2, -0.15) is 0 Å². The molecule has 0 spiro atoms. The second-order valence-corrected chi connectivity index (χ2v) is 6.29. The zero-order chi connectivity index (χ0) is 15.9. The lowest BCUT2D eigenvalue weighted by Crippen LogP contribution is -2.35. The molecule has 0 amide bonds. The minimum atomic E-state index is -0.0977. The second-order valence-electron chi connectivity index (χ2n) is 6.29. The number of rotatable bonds is 6. The number of benzene rings is 1. The fraction of sp³-hybridized carbons (Fsp3) is 0.421. The van der Waals surface area contributed by atoms with Gasteiger partial charge < -0.3 is 10.4 Å². The van der Waals surface area contributed by atoms with Gasteiger partial charge in [0, 0.05) is 45.1 Å². The van der Waals surface area contributed by atoms with Gasteiger partial charge in [0.15, 0.2) is 0 Å². The quantitative estimate of drug-likeness (QED) is 0.859. The number of likely N-dealkylation sites (tertiary alicyclic amines) is 1. The van der Waals surface area contributed by atoms with Crippen molar-refractivity contribution in [2.24, 2.45) is 0 Å². The predicted molar refractivity (Wildman–Crippen MR) is 91.7 cm³/mol. The standard InChI is InChI=1S/C19H25N3O/c23-19-7-10-22(11-8-19)15-17-5-3-16(4-6-17)12-21-14-18-2-1-9-20-13-18/h1-6,9,13,19,21,23H,7-8,10-12,14-15H2. The van der Waals surface area contributed by atoms with Crippen LogP contribution in [-0.2, 0) is 19.6 Å². The Morgan fingerprint density at radius 1 is 1.00 bits per heavy atom. The molecule has 0 atom stereocenters. The van der Waals surface area contributed by atoms with Crippen LogP contribution in [-0.4, -0.2) is 34.2 Å². The smallest absolute Gasteiger partial charge is 0.0564 e. The highest BCUT2D eigenvalue weighted by Crippen LogP contribution is 2.14. The second kappa shape index (κ2) is 8.20. The molecule has 1 saturated heterocycles. The van der Waals surface area contributed by atoms with E-state index in [2.05, 4.69) is 45.5 Å². The number of aliphatic hydroxyl groups is 1. The summed E-state index contributed by atoms with van der Waals surface area (Å²) in [6.45, 7) is 4.68. The zero-order valence-electron chi connectivity index (χ0n) is 13.5. The SMILES string of the molecule is OC1CCN(Cc2ccc(CNCc3cccnc3)cc2)CC1. The van der Waals surface area contributed by atoms with Crippen LogP contribution in [0.3, 0.4) is 0 Å². The molecular weight excluding hydrogens is 286 g/mol.